The van der Waals surface area contributed by atoms with E-state index in [9.17, 15) is 28.8 Å². The summed E-state index contributed by atoms with van der Waals surface area (Å²) in [6.07, 6.45) is 4.36. The normalized spacial score (nSPS) is 13.4. The van der Waals surface area contributed by atoms with Gasteiger partial charge >= 0.3 is 5.97 Å². The largest absolute Gasteiger partial charge is 0.469 e. The lowest BCUT2D eigenvalue weighted by Gasteiger charge is -2.28. The predicted octanol–water partition coefficient (Wildman–Crippen LogP) is 1.01. The summed E-state index contributed by atoms with van der Waals surface area (Å²) in [7, 11) is 2.74. The standard InChI is InChI=1S/C36H50N6O7/c1-24(2)32(41-33(45)25(3)39-34(46)28(37)20-19-26-14-8-6-9-15-26)35(47)40-29(22-27-16-10-7-11-17-27)36(48)42(4)23-30(43)38-21-13-12-18-31(44)49-5/h6-17,24-25,28-29,32H,18-23,37H2,1-5H3,(H,38,43)(H,39,46)(H,40,47)(H,41,45)/b13-12+. The number of carbonyl (C=O) groups excluding carboxylic acids is 6. The highest BCUT2D eigenvalue weighted by atomic mass is 16.5. The smallest absolute Gasteiger partial charge is 0.309 e. The Morgan fingerprint density at radius 1 is 0.816 bits per heavy atom. The van der Waals surface area contributed by atoms with Gasteiger partial charge in [-0.3, -0.25) is 28.8 Å². The Bertz CT molecular complexity index is 1420. The van der Waals surface area contributed by atoms with Gasteiger partial charge < -0.3 is 36.6 Å². The number of hydrogen-bond acceptors (Lipinski definition) is 8. The fraction of sp³-hybridized carbons (Fsp3) is 0.444. The quantitative estimate of drug-likeness (QED) is 0.108. The predicted molar refractivity (Wildman–Crippen MR) is 186 cm³/mol. The van der Waals surface area contributed by atoms with Crippen molar-refractivity contribution in [2.24, 2.45) is 11.7 Å². The summed E-state index contributed by atoms with van der Waals surface area (Å²) in [5, 5.41) is 10.7. The number of nitrogens with zero attached hydrogens (tertiary/aromatic N) is 1. The van der Waals surface area contributed by atoms with Crippen LogP contribution < -0.4 is 27.0 Å². The lowest BCUT2D eigenvalue weighted by atomic mass is 10.0. The van der Waals surface area contributed by atoms with E-state index in [0.717, 1.165) is 11.1 Å². The number of benzene rings is 2. The number of esters is 1. The molecule has 0 bridgehead atoms. The molecular weight excluding hydrogens is 628 g/mol. The van der Waals surface area contributed by atoms with Crippen molar-refractivity contribution in [2.45, 2.75) is 70.6 Å². The van der Waals surface area contributed by atoms with Crippen LogP contribution in [0.4, 0.5) is 0 Å². The van der Waals surface area contributed by atoms with Gasteiger partial charge in [-0.1, -0.05) is 86.7 Å². The molecule has 0 heterocycles. The lowest BCUT2D eigenvalue weighted by molar-refractivity contribution is -0.139. The van der Waals surface area contributed by atoms with E-state index in [1.165, 1.54) is 26.0 Å². The second kappa shape index (κ2) is 21.0. The molecule has 0 aliphatic heterocycles. The topological polar surface area (TPSA) is 189 Å². The molecule has 4 atom stereocenters. The molecule has 2 rings (SSSR count). The first-order valence-corrected chi connectivity index (χ1v) is 16.3. The maximum absolute atomic E-state index is 13.6. The van der Waals surface area contributed by atoms with E-state index in [0.29, 0.717) is 12.8 Å². The Kier molecular flexibility index (Phi) is 17.2. The molecule has 49 heavy (non-hydrogen) atoms. The van der Waals surface area contributed by atoms with Crippen LogP contribution in [0.15, 0.2) is 72.8 Å². The molecule has 2 aromatic carbocycles. The fourth-order valence-corrected chi connectivity index (χ4v) is 4.74. The number of carbonyl (C=O) groups is 6. The molecule has 0 saturated heterocycles. The van der Waals surface area contributed by atoms with E-state index in [-0.39, 0.29) is 31.8 Å². The first-order valence-electron chi connectivity index (χ1n) is 16.3. The Labute approximate surface area is 288 Å². The van der Waals surface area contributed by atoms with Crippen LogP contribution in [0.3, 0.4) is 0 Å². The number of amides is 5. The highest BCUT2D eigenvalue weighted by Crippen LogP contribution is 2.09. The number of rotatable bonds is 19. The van der Waals surface area contributed by atoms with Crippen molar-refractivity contribution in [3.8, 4) is 0 Å². The van der Waals surface area contributed by atoms with E-state index >= 15 is 0 Å². The Morgan fingerprint density at radius 3 is 2.02 bits per heavy atom. The summed E-state index contributed by atoms with van der Waals surface area (Å²) < 4.78 is 4.56. The molecule has 0 fully saturated rings. The van der Waals surface area contributed by atoms with E-state index in [2.05, 4.69) is 26.0 Å². The minimum Gasteiger partial charge on any atom is -0.469 e. The van der Waals surface area contributed by atoms with Crippen LogP contribution in [0.1, 0.15) is 44.7 Å². The van der Waals surface area contributed by atoms with Crippen molar-refractivity contribution >= 4 is 35.5 Å². The molecular formula is C36H50N6O7. The molecule has 2 aromatic rings. The second-order valence-corrected chi connectivity index (χ2v) is 12.1. The summed E-state index contributed by atoms with van der Waals surface area (Å²) in [4.78, 5) is 77.9. The van der Waals surface area contributed by atoms with Gasteiger partial charge in [0.15, 0.2) is 0 Å². The molecule has 0 saturated carbocycles. The van der Waals surface area contributed by atoms with Gasteiger partial charge in [-0.2, -0.15) is 0 Å². The van der Waals surface area contributed by atoms with Crippen molar-refractivity contribution in [1.29, 1.82) is 0 Å². The summed E-state index contributed by atoms with van der Waals surface area (Å²) in [6.45, 7) is 4.87. The number of methoxy groups -OCH3 is 1. The van der Waals surface area contributed by atoms with Crippen LogP contribution in [0.2, 0.25) is 0 Å². The molecule has 0 spiro atoms. The van der Waals surface area contributed by atoms with Gasteiger partial charge in [0, 0.05) is 20.0 Å². The molecule has 4 unspecified atom stereocenters. The first kappa shape index (κ1) is 40.1. The lowest BCUT2D eigenvalue weighted by Crippen LogP contribution is -2.59. The Morgan fingerprint density at radius 2 is 1.43 bits per heavy atom. The number of nitrogens with one attached hydrogen (secondary N) is 4. The van der Waals surface area contributed by atoms with E-state index in [1.54, 1.807) is 26.0 Å². The monoisotopic (exact) mass is 678 g/mol. The number of nitrogens with two attached hydrogens (primary N) is 1. The Balaban J connectivity index is 2.03. The molecule has 0 aliphatic rings. The molecule has 13 nitrogen and oxygen atoms in total. The summed E-state index contributed by atoms with van der Waals surface area (Å²) in [5.41, 5.74) is 7.90. The van der Waals surface area contributed by atoms with E-state index < -0.39 is 59.7 Å². The van der Waals surface area contributed by atoms with Gasteiger partial charge in [-0.05, 0) is 36.8 Å². The third-order valence-corrected chi connectivity index (χ3v) is 7.67. The zero-order valence-corrected chi connectivity index (χ0v) is 28.9. The molecule has 266 valence electrons. The molecule has 13 heteroatoms. The van der Waals surface area contributed by atoms with Gasteiger partial charge in [0.05, 0.1) is 26.1 Å². The van der Waals surface area contributed by atoms with E-state index in [4.69, 9.17) is 5.73 Å². The minimum absolute atomic E-state index is 0.0698. The van der Waals surface area contributed by atoms with E-state index in [1.807, 2.05) is 60.7 Å². The maximum Gasteiger partial charge on any atom is 0.309 e. The van der Waals surface area contributed by atoms with Crippen LogP contribution in [-0.4, -0.2) is 91.8 Å². The van der Waals surface area contributed by atoms with Crippen LogP contribution in [0.5, 0.6) is 0 Å². The highest BCUT2D eigenvalue weighted by Gasteiger charge is 2.32. The minimum atomic E-state index is -1.05. The van der Waals surface area contributed by atoms with Crippen molar-refractivity contribution in [1.82, 2.24) is 26.2 Å². The van der Waals surface area contributed by atoms with Crippen molar-refractivity contribution in [2.75, 3.05) is 27.2 Å². The fourth-order valence-electron chi connectivity index (χ4n) is 4.74. The van der Waals surface area contributed by atoms with Crippen molar-refractivity contribution in [3.63, 3.8) is 0 Å². The maximum atomic E-state index is 13.6. The number of ether oxygens (including phenoxy) is 1. The number of aryl methyl sites for hydroxylation is 1. The van der Waals surface area contributed by atoms with Crippen LogP contribution >= 0.6 is 0 Å². The van der Waals surface area contributed by atoms with Crippen LogP contribution in [0.25, 0.3) is 0 Å². The van der Waals surface area contributed by atoms with Crippen molar-refractivity contribution < 1.29 is 33.5 Å². The van der Waals surface area contributed by atoms with Gasteiger partial charge in [0.1, 0.15) is 18.1 Å². The van der Waals surface area contributed by atoms with Gasteiger partial charge in [0.25, 0.3) is 0 Å². The van der Waals surface area contributed by atoms with Crippen molar-refractivity contribution in [3.05, 3.63) is 83.9 Å². The first-order chi connectivity index (χ1) is 23.3. The molecule has 0 aliphatic carbocycles. The average molecular weight is 679 g/mol. The second-order valence-electron chi connectivity index (χ2n) is 12.1. The zero-order chi connectivity index (χ0) is 36.3. The third-order valence-electron chi connectivity index (χ3n) is 7.67. The molecule has 6 N–H and O–H groups in total. The molecule has 0 radical (unpaired) electrons. The number of likely N-dealkylation sites (N-methyl/N-ethyl adjacent to an activating group) is 1. The molecule has 5 amide bonds. The SMILES string of the molecule is COC(=O)C/C=C/CNC(=O)CN(C)C(=O)C(Cc1ccccc1)NC(=O)C(NC(=O)C(C)NC(=O)C(N)CCc1ccccc1)C(C)C. The summed E-state index contributed by atoms with van der Waals surface area (Å²) >= 11 is 0. The van der Waals surface area contributed by atoms with Gasteiger partial charge in [0.2, 0.25) is 29.5 Å². The number of hydrogen-bond donors (Lipinski definition) is 5. The summed E-state index contributed by atoms with van der Waals surface area (Å²) in [6, 6.07) is 14.8. The highest BCUT2D eigenvalue weighted by molar-refractivity contribution is 5.95. The molecule has 0 aromatic heterocycles. The Hall–Kier alpha value is -5.04. The van der Waals surface area contributed by atoms with Gasteiger partial charge in [-0.25, -0.2) is 0 Å². The van der Waals surface area contributed by atoms with Crippen LogP contribution in [-0.2, 0) is 46.3 Å². The zero-order valence-electron chi connectivity index (χ0n) is 28.9. The van der Waals surface area contributed by atoms with Crippen LogP contribution in [0, 0.1) is 5.92 Å². The average Bonchev–Trinajstić information content (AvgIpc) is 3.08. The van der Waals surface area contributed by atoms with Gasteiger partial charge in [-0.15, -0.1) is 0 Å². The third kappa shape index (κ3) is 14.7. The summed E-state index contributed by atoms with van der Waals surface area (Å²) in [5.74, 6) is -3.39.